The summed E-state index contributed by atoms with van der Waals surface area (Å²) in [5, 5.41) is 12.7. The number of rotatable bonds is 6. The maximum Gasteiger partial charge on any atom is 0.349 e. The molecule has 1 aliphatic carbocycles. The molecule has 6 nitrogen and oxygen atoms in total. The number of nitrogens with one attached hydrogen (secondary N) is 1. The first-order valence-electron chi connectivity index (χ1n) is 7.35. The van der Waals surface area contributed by atoms with Gasteiger partial charge in [-0.1, -0.05) is 0 Å². The van der Waals surface area contributed by atoms with Crippen LogP contribution in [0.15, 0.2) is 0 Å². The van der Waals surface area contributed by atoms with Gasteiger partial charge in [-0.25, -0.2) is 4.79 Å². The molecular weight excluding hydrogens is 306 g/mol. The first-order valence-corrected chi connectivity index (χ1v) is 8.16. The van der Waals surface area contributed by atoms with Gasteiger partial charge in [0.15, 0.2) is 0 Å². The average Bonchev–Trinajstić information content (AvgIpc) is 3.09. The van der Waals surface area contributed by atoms with Gasteiger partial charge < -0.3 is 19.9 Å². The predicted octanol–water partition coefficient (Wildman–Crippen LogP) is 2.24. The molecule has 1 heterocycles. The van der Waals surface area contributed by atoms with Crippen molar-refractivity contribution in [2.45, 2.75) is 38.7 Å². The normalized spacial score (nSPS) is 15.0. The molecule has 1 aromatic heterocycles. The van der Waals surface area contributed by atoms with Crippen molar-refractivity contribution >= 4 is 23.2 Å². The molecule has 1 saturated carbocycles. The number of amides is 1. The lowest BCUT2D eigenvalue weighted by molar-refractivity contribution is 0.0322. The molecule has 0 aromatic carbocycles. The minimum absolute atomic E-state index is 0.0462. The third kappa shape index (κ3) is 3.78. The molecule has 1 fully saturated rings. The topological polar surface area (TPSA) is 84.9 Å². The van der Waals surface area contributed by atoms with E-state index in [1.165, 1.54) is 7.11 Å². The van der Waals surface area contributed by atoms with Crippen LogP contribution in [-0.2, 0) is 9.47 Å². The van der Waals surface area contributed by atoms with Gasteiger partial charge in [0.1, 0.15) is 21.6 Å². The molecule has 1 aromatic rings. The highest BCUT2D eigenvalue weighted by molar-refractivity contribution is 7.16. The van der Waals surface area contributed by atoms with Crippen LogP contribution in [0.1, 0.15) is 50.6 Å². The molecule has 0 bridgehead atoms. The fourth-order valence-electron chi connectivity index (χ4n) is 2.41. The van der Waals surface area contributed by atoms with E-state index in [2.05, 4.69) is 5.32 Å². The van der Waals surface area contributed by atoms with E-state index in [9.17, 15) is 14.7 Å². The molecule has 0 spiro atoms. The summed E-state index contributed by atoms with van der Waals surface area (Å²) in [5.74, 6) is -1.03. The predicted molar refractivity (Wildman–Crippen MR) is 82.6 cm³/mol. The zero-order valence-electron chi connectivity index (χ0n) is 12.8. The van der Waals surface area contributed by atoms with Crippen LogP contribution >= 0.6 is 11.3 Å². The van der Waals surface area contributed by atoms with E-state index in [-0.39, 0.29) is 16.7 Å². The average molecular weight is 327 g/mol. The lowest BCUT2D eigenvalue weighted by Gasteiger charge is -2.10. The zero-order chi connectivity index (χ0) is 16.1. The third-order valence-electron chi connectivity index (χ3n) is 3.67. The summed E-state index contributed by atoms with van der Waals surface area (Å²) in [4.78, 5) is 24.6. The summed E-state index contributed by atoms with van der Waals surface area (Å²) in [5.41, 5.74) is 0.393. The first-order chi connectivity index (χ1) is 10.5. The maximum atomic E-state index is 12.2. The van der Waals surface area contributed by atoms with Crippen molar-refractivity contribution in [2.75, 3.05) is 20.3 Å². The Bertz CT molecular complexity index is 548. The van der Waals surface area contributed by atoms with Gasteiger partial charge in [0.05, 0.1) is 6.61 Å². The third-order valence-corrected chi connectivity index (χ3v) is 4.93. The van der Waals surface area contributed by atoms with Crippen molar-refractivity contribution in [1.29, 1.82) is 0 Å². The molecule has 1 amide bonds. The van der Waals surface area contributed by atoms with Crippen LogP contribution in [0.4, 0.5) is 0 Å². The van der Waals surface area contributed by atoms with Crippen molar-refractivity contribution < 1.29 is 24.2 Å². The smallest absolute Gasteiger partial charge is 0.349 e. The Morgan fingerprint density at radius 3 is 2.64 bits per heavy atom. The van der Waals surface area contributed by atoms with Gasteiger partial charge in [-0.05, 0) is 32.6 Å². The van der Waals surface area contributed by atoms with E-state index in [0.717, 1.165) is 37.0 Å². The van der Waals surface area contributed by atoms with E-state index >= 15 is 0 Å². The van der Waals surface area contributed by atoms with Gasteiger partial charge in [0, 0.05) is 19.2 Å². The van der Waals surface area contributed by atoms with Gasteiger partial charge >= 0.3 is 5.97 Å². The van der Waals surface area contributed by atoms with Crippen molar-refractivity contribution in [3.63, 3.8) is 0 Å². The summed E-state index contributed by atoms with van der Waals surface area (Å²) in [6, 6.07) is 0. The monoisotopic (exact) mass is 327 g/mol. The highest BCUT2D eigenvalue weighted by Crippen LogP contribution is 2.35. The number of carbonyl (C=O) groups excluding carboxylic acids is 2. The molecule has 0 aliphatic heterocycles. The molecule has 0 radical (unpaired) electrons. The van der Waals surface area contributed by atoms with E-state index in [1.807, 2.05) is 0 Å². The molecule has 0 saturated heterocycles. The van der Waals surface area contributed by atoms with Crippen molar-refractivity contribution in [3.05, 3.63) is 15.3 Å². The van der Waals surface area contributed by atoms with Gasteiger partial charge in [-0.2, -0.15) is 0 Å². The second-order valence-corrected chi connectivity index (χ2v) is 6.32. The number of thiophene rings is 1. The van der Waals surface area contributed by atoms with Crippen molar-refractivity contribution in [1.82, 2.24) is 5.32 Å². The van der Waals surface area contributed by atoms with E-state index in [4.69, 9.17) is 9.47 Å². The van der Waals surface area contributed by atoms with E-state index in [1.54, 1.807) is 6.92 Å². The van der Waals surface area contributed by atoms with E-state index in [0.29, 0.717) is 23.6 Å². The lowest BCUT2D eigenvalue weighted by Crippen LogP contribution is -2.26. The van der Waals surface area contributed by atoms with Crippen molar-refractivity contribution in [2.24, 2.45) is 0 Å². The number of aromatic hydroxyl groups is 1. The molecule has 2 N–H and O–H groups in total. The minimum Gasteiger partial charge on any atom is -0.506 e. The quantitative estimate of drug-likeness (QED) is 0.618. The van der Waals surface area contributed by atoms with Gasteiger partial charge in [0.25, 0.3) is 5.91 Å². The van der Waals surface area contributed by atoms with Gasteiger partial charge in [-0.15, -0.1) is 11.3 Å². The van der Waals surface area contributed by atoms with Crippen LogP contribution in [0.2, 0.25) is 0 Å². The van der Waals surface area contributed by atoms with Crippen LogP contribution in [0.3, 0.4) is 0 Å². The summed E-state index contributed by atoms with van der Waals surface area (Å²) in [6.45, 7) is 2.34. The second-order valence-electron chi connectivity index (χ2n) is 5.29. The van der Waals surface area contributed by atoms with Gasteiger partial charge in [-0.3, -0.25) is 4.79 Å². The second kappa shape index (κ2) is 7.60. The zero-order valence-corrected chi connectivity index (χ0v) is 13.6. The first kappa shape index (κ1) is 16.8. The Morgan fingerprint density at radius 1 is 1.32 bits per heavy atom. The Labute approximate surface area is 133 Å². The fraction of sp³-hybridized carbons (Fsp3) is 0.600. The molecule has 1 aliphatic rings. The SMILES string of the molecule is COCCNC(=O)c1sc(C(=O)OC2CCCC2)c(C)c1O. The molecular formula is C15H21NO5S. The fourth-order valence-corrected chi connectivity index (χ4v) is 3.41. The van der Waals surface area contributed by atoms with E-state index < -0.39 is 11.9 Å². The van der Waals surface area contributed by atoms with Crippen LogP contribution in [0, 0.1) is 6.92 Å². The number of ether oxygens (including phenoxy) is 2. The standard InChI is InChI=1S/C15H21NO5S/c1-9-11(17)13(14(18)16-7-8-20-2)22-12(9)15(19)21-10-5-3-4-6-10/h10,17H,3-8H2,1-2H3,(H,16,18). The summed E-state index contributed by atoms with van der Waals surface area (Å²) >= 11 is 0.966. The largest absolute Gasteiger partial charge is 0.506 e. The van der Waals surface area contributed by atoms with Crippen LogP contribution < -0.4 is 5.32 Å². The number of hydrogen-bond acceptors (Lipinski definition) is 6. The highest BCUT2D eigenvalue weighted by Gasteiger charge is 2.27. The summed E-state index contributed by atoms with van der Waals surface area (Å²) in [7, 11) is 1.54. The van der Waals surface area contributed by atoms with Crippen LogP contribution in [0.5, 0.6) is 5.75 Å². The minimum atomic E-state index is -0.458. The molecule has 7 heteroatoms. The molecule has 2 rings (SSSR count). The number of carbonyl (C=O) groups is 2. The van der Waals surface area contributed by atoms with Crippen molar-refractivity contribution in [3.8, 4) is 5.75 Å². The Morgan fingerprint density at radius 2 is 2.00 bits per heavy atom. The van der Waals surface area contributed by atoms with Crippen LogP contribution in [-0.4, -0.2) is 43.3 Å². The number of methoxy groups -OCH3 is 1. The van der Waals surface area contributed by atoms with Crippen LogP contribution in [0.25, 0.3) is 0 Å². The number of esters is 1. The Kier molecular flexibility index (Phi) is 5.79. The summed E-state index contributed by atoms with van der Waals surface area (Å²) < 4.78 is 10.3. The summed E-state index contributed by atoms with van der Waals surface area (Å²) in [6.07, 6.45) is 3.86. The number of hydrogen-bond donors (Lipinski definition) is 2. The highest BCUT2D eigenvalue weighted by atomic mass is 32.1. The molecule has 22 heavy (non-hydrogen) atoms. The van der Waals surface area contributed by atoms with Gasteiger partial charge in [0.2, 0.25) is 0 Å². The molecule has 0 unspecified atom stereocenters. The maximum absolute atomic E-state index is 12.2. The Balaban J connectivity index is 2.07. The Hall–Kier alpha value is -1.60. The molecule has 0 atom stereocenters. The lowest BCUT2D eigenvalue weighted by atomic mass is 10.2. The molecule has 122 valence electrons.